The van der Waals surface area contributed by atoms with Gasteiger partial charge < -0.3 is 15.2 Å². The zero-order chi connectivity index (χ0) is 13.7. The number of ether oxygens (including phenoxy) is 2. The fourth-order valence-corrected chi connectivity index (χ4v) is 2.64. The second-order valence-electron chi connectivity index (χ2n) is 4.09. The zero-order valence-corrected chi connectivity index (χ0v) is 12.0. The first kappa shape index (κ1) is 13.8. The SMILES string of the molecule is COc1ccc(OCCc2nc(C)c(CN)s2)cc1. The van der Waals surface area contributed by atoms with E-state index < -0.39 is 0 Å². The molecule has 0 bridgehead atoms. The average Bonchev–Trinajstić information content (AvgIpc) is 2.80. The molecule has 0 aliphatic carbocycles. The van der Waals surface area contributed by atoms with Gasteiger partial charge in [0.05, 0.1) is 24.4 Å². The van der Waals surface area contributed by atoms with Crippen LogP contribution in [0.5, 0.6) is 11.5 Å². The van der Waals surface area contributed by atoms with Crippen LogP contribution in [-0.4, -0.2) is 18.7 Å². The summed E-state index contributed by atoms with van der Waals surface area (Å²) in [5.41, 5.74) is 6.67. The van der Waals surface area contributed by atoms with Crippen LogP contribution in [0.3, 0.4) is 0 Å². The molecule has 19 heavy (non-hydrogen) atoms. The second-order valence-corrected chi connectivity index (χ2v) is 5.26. The number of benzene rings is 1. The maximum absolute atomic E-state index is 5.67. The van der Waals surface area contributed by atoms with Crippen LogP contribution in [0.2, 0.25) is 0 Å². The van der Waals surface area contributed by atoms with Gasteiger partial charge in [0, 0.05) is 17.8 Å². The summed E-state index contributed by atoms with van der Waals surface area (Å²) in [7, 11) is 1.65. The van der Waals surface area contributed by atoms with Gasteiger partial charge in [-0.05, 0) is 31.2 Å². The van der Waals surface area contributed by atoms with Gasteiger partial charge in [0.2, 0.25) is 0 Å². The first-order valence-corrected chi connectivity index (χ1v) is 6.96. The van der Waals surface area contributed by atoms with Gasteiger partial charge in [-0.15, -0.1) is 11.3 Å². The van der Waals surface area contributed by atoms with E-state index in [2.05, 4.69) is 4.98 Å². The molecular formula is C14H18N2O2S. The van der Waals surface area contributed by atoms with Crippen molar-refractivity contribution in [1.29, 1.82) is 0 Å². The number of aryl methyl sites for hydroxylation is 1. The Morgan fingerprint density at radius 1 is 1.21 bits per heavy atom. The quantitative estimate of drug-likeness (QED) is 0.882. The lowest BCUT2D eigenvalue weighted by molar-refractivity contribution is 0.321. The standard InChI is InChI=1S/C14H18N2O2S/c1-10-13(9-15)19-14(16-10)7-8-18-12-5-3-11(17-2)4-6-12/h3-6H,7-9,15H2,1-2H3. The average molecular weight is 278 g/mol. The normalized spacial score (nSPS) is 10.5. The maximum Gasteiger partial charge on any atom is 0.119 e. The summed E-state index contributed by atoms with van der Waals surface area (Å²) in [6, 6.07) is 7.57. The van der Waals surface area contributed by atoms with E-state index in [9.17, 15) is 0 Å². The molecule has 1 aromatic carbocycles. The Bertz CT molecular complexity index is 523. The van der Waals surface area contributed by atoms with Gasteiger partial charge >= 0.3 is 0 Å². The lowest BCUT2D eigenvalue weighted by Gasteiger charge is -2.05. The molecule has 4 nitrogen and oxygen atoms in total. The summed E-state index contributed by atoms with van der Waals surface area (Å²) in [5.74, 6) is 1.67. The van der Waals surface area contributed by atoms with Gasteiger partial charge in [-0.3, -0.25) is 0 Å². The maximum atomic E-state index is 5.67. The predicted molar refractivity (Wildman–Crippen MR) is 76.9 cm³/mol. The lowest BCUT2D eigenvalue weighted by Crippen LogP contribution is -2.01. The van der Waals surface area contributed by atoms with Gasteiger partial charge in [0.15, 0.2) is 0 Å². The Balaban J connectivity index is 1.85. The molecule has 0 aliphatic heterocycles. The highest BCUT2D eigenvalue weighted by Gasteiger charge is 2.06. The number of aromatic nitrogens is 1. The summed E-state index contributed by atoms with van der Waals surface area (Å²) >= 11 is 1.66. The number of rotatable bonds is 6. The molecule has 0 saturated carbocycles. The molecule has 1 aromatic heterocycles. The van der Waals surface area contributed by atoms with Crippen LogP contribution < -0.4 is 15.2 Å². The number of hydrogen-bond donors (Lipinski definition) is 1. The van der Waals surface area contributed by atoms with Crippen molar-refractivity contribution in [2.75, 3.05) is 13.7 Å². The number of nitrogens with two attached hydrogens (primary N) is 1. The fourth-order valence-electron chi connectivity index (χ4n) is 1.71. The highest BCUT2D eigenvalue weighted by molar-refractivity contribution is 7.11. The van der Waals surface area contributed by atoms with Crippen molar-refractivity contribution in [2.45, 2.75) is 19.9 Å². The van der Waals surface area contributed by atoms with Crippen molar-refractivity contribution < 1.29 is 9.47 Å². The summed E-state index contributed by atoms with van der Waals surface area (Å²) in [4.78, 5) is 5.63. The van der Waals surface area contributed by atoms with E-state index in [-0.39, 0.29) is 0 Å². The summed E-state index contributed by atoms with van der Waals surface area (Å²) in [6.45, 7) is 3.17. The summed E-state index contributed by atoms with van der Waals surface area (Å²) in [6.07, 6.45) is 0.803. The summed E-state index contributed by atoms with van der Waals surface area (Å²) < 4.78 is 10.8. The first-order valence-electron chi connectivity index (χ1n) is 6.15. The molecule has 102 valence electrons. The third-order valence-electron chi connectivity index (χ3n) is 2.77. The van der Waals surface area contributed by atoms with Crippen LogP contribution in [0.15, 0.2) is 24.3 Å². The molecule has 0 unspecified atom stereocenters. The predicted octanol–water partition coefficient (Wildman–Crippen LogP) is 2.54. The van der Waals surface area contributed by atoms with Crippen molar-refractivity contribution in [3.8, 4) is 11.5 Å². The molecular weight excluding hydrogens is 260 g/mol. The summed E-state index contributed by atoms with van der Waals surface area (Å²) in [5, 5.41) is 1.08. The zero-order valence-electron chi connectivity index (χ0n) is 11.2. The van der Waals surface area contributed by atoms with Crippen LogP contribution >= 0.6 is 11.3 Å². The Morgan fingerprint density at radius 2 is 1.89 bits per heavy atom. The van der Waals surface area contributed by atoms with E-state index in [1.54, 1.807) is 18.4 Å². The van der Waals surface area contributed by atoms with Gasteiger partial charge in [0.1, 0.15) is 11.5 Å². The van der Waals surface area contributed by atoms with Crippen LogP contribution in [-0.2, 0) is 13.0 Å². The minimum atomic E-state index is 0.558. The molecule has 2 N–H and O–H groups in total. The van der Waals surface area contributed by atoms with E-state index in [1.807, 2.05) is 31.2 Å². The number of thiazole rings is 1. The highest BCUT2D eigenvalue weighted by Crippen LogP contribution is 2.19. The van der Waals surface area contributed by atoms with Crippen molar-refractivity contribution in [1.82, 2.24) is 4.98 Å². The minimum absolute atomic E-state index is 0.558. The van der Waals surface area contributed by atoms with Gasteiger partial charge in [-0.1, -0.05) is 0 Å². The molecule has 0 atom stereocenters. The third kappa shape index (κ3) is 3.68. The van der Waals surface area contributed by atoms with Crippen LogP contribution in [0.1, 0.15) is 15.6 Å². The molecule has 0 radical (unpaired) electrons. The molecule has 2 rings (SSSR count). The van der Waals surface area contributed by atoms with E-state index in [0.717, 1.165) is 33.5 Å². The van der Waals surface area contributed by atoms with Crippen molar-refractivity contribution in [3.05, 3.63) is 39.8 Å². The van der Waals surface area contributed by atoms with Crippen LogP contribution in [0, 0.1) is 6.92 Å². The number of hydrogen-bond acceptors (Lipinski definition) is 5. The molecule has 0 saturated heterocycles. The molecule has 5 heteroatoms. The van der Waals surface area contributed by atoms with Gasteiger partial charge in [-0.25, -0.2) is 4.98 Å². The lowest BCUT2D eigenvalue weighted by atomic mass is 10.3. The number of methoxy groups -OCH3 is 1. The Hall–Kier alpha value is -1.59. The largest absolute Gasteiger partial charge is 0.497 e. The van der Waals surface area contributed by atoms with Gasteiger partial charge in [0.25, 0.3) is 0 Å². The van der Waals surface area contributed by atoms with Crippen molar-refractivity contribution in [3.63, 3.8) is 0 Å². The fraction of sp³-hybridized carbons (Fsp3) is 0.357. The van der Waals surface area contributed by atoms with Crippen molar-refractivity contribution in [2.24, 2.45) is 5.73 Å². The first-order chi connectivity index (χ1) is 9.22. The Kier molecular flexibility index (Phi) is 4.76. The third-order valence-corrected chi connectivity index (χ3v) is 4.01. The minimum Gasteiger partial charge on any atom is -0.497 e. The topological polar surface area (TPSA) is 57.4 Å². The highest BCUT2D eigenvalue weighted by atomic mass is 32.1. The van der Waals surface area contributed by atoms with Crippen LogP contribution in [0.4, 0.5) is 0 Å². The van der Waals surface area contributed by atoms with Crippen LogP contribution in [0.25, 0.3) is 0 Å². The molecule has 0 fully saturated rings. The Morgan fingerprint density at radius 3 is 2.47 bits per heavy atom. The molecule has 0 amide bonds. The number of nitrogens with zero attached hydrogens (tertiary/aromatic N) is 1. The molecule has 0 aliphatic rings. The van der Waals surface area contributed by atoms with E-state index in [4.69, 9.17) is 15.2 Å². The monoisotopic (exact) mass is 278 g/mol. The molecule has 2 aromatic rings. The smallest absolute Gasteiger partial charge is 0.119 e. The van der Waals surface area contributed by atoms with E-state index >= 15 is 0 Å². The van der Waals surface area contributed by atoms with E-state index in [0.29, 0.717) is 13.2 Å². The molecule has 0 spiro atoms. The molecule has 1 heterocycles. The van der Waals surface area contributed by atoms with Crippen molar-refractivity contribution >= 4 is 11.3 Å². The Labute approximate surface area is 117 Å². The van der Waals surface area contributed by atoms with E-state index in [1.165, 1.54) is 0 Å². The van der Waals surface area contributed by atoms with Gasteiger partial charge in [-0.2, -0.15) is 0 Å². The second kappa shape index (κ2) is 6.54.